The number of nitrogens with zero attached hydrogens (tertiary/aromatic N) is 1. The summed E-state index contributed by atoms with van der Waals surface area (Å²) in [6.07, 6.45) is 0. The summed E-state index contributed by atoms with van der Waals surface area (Å²) in [5, 5.41) is 0. The average molecular weight is 254 g/mol. The first-order valence-electron chi connectivity index (χ1n) is 6.77. The van der Waals surface area contributed by atoms with Crippen molar-refractivity contribution in [3.05, 3.63) is 59.2 Å². The highest BCUT2D eigenvalue weighted by Crippen LogP contribution is 2.22. The van der Waals surface area contributed by atoms with Crippen LogP contribution >= 0.6 is 0 Å². The Morgan fingerprint density at radius 3 is 2.37 bits per heavy atom. The molecule has 0 heterocycles. The van der Waals surface area contributed by atoms with Crippen LogP contribution in [0.4, 0.5) is 11.4 Å². The summed E-state index contributed by atoms with van der Waals surface area (Å²) < 4.78 is 0. The predicted octanol–water partition coefficient (Wildman–Crippen LogP) is 3.91. The zero-order chi connectivity index (χ0) is 13.8. The maximum absolute atomic E-state index is 5.99. The molecule has 19 heavy (non-hydrogen) atoms. The van der Waals surface area contributed by atoms with E-state index in [1.54, 1.807) is 0 Å². The van der Waals surface area contributed by atoms with Crippen LogP contribution < -0.4 is 10.6 Å². The molecule has 2 aromatic rings. The van der Waals surface area contributed by atoms with Gasteiger partial charge in [-0.2, -0.15) is 0 Å². The van der Waals surface area contributed by atoms with Gasteiger partial charge in [-0.15, -0.1) is 0 Å². The van der Waals surface area contributed by atoms with E-state index in [4.69, 9.17) is 5.73 Å². The van der Waals surface area contributed by atoms with E-state index in [1.165, 1.54) is 16.8 Å². The summed E-state index contributed by atoms with van der Waals surface area (Å²) in [5.41, 5.74) is 11.9. The van der Waals surface area contributed by atoms with Crippen molar-refractivity contribution in [2.45, 2.75) is 27.3 Å². The monoisotopic (exact) mass is 254 g/mol. The zero-order valence-corrected chi connectivity index (χ0v) is 12.0. The molecule has 0 spiro atoms. The minimum atomic E-state index is 0.873. The number of aryl methyl sites for hydroxylation is 2. The fraction of sp³-hybridized carbons (Fsp3) is 0.294. The highest BCUT2D eigenvalue weighted by atomic mass is 15.1. The minimum absolute atomic E-state index is 0.873. The molecule has 2 rings (SSSR count). The Morgan fingerprint density at radius 2 is 1.74 bits per heavy atom. The Kier molecular flexibility index (Phi) is 4.10. The van der Waals surface area contributed by atoms with Gasteiger partial charge in [0.2, 0.25) is 0 Å². The molecule has 0 fully saturated rings. The fourth-order valence-corrected chi connectivity index (χ4v) is 2.29. The molecule has 0 atom stereocenters. The van der Waals surface area contributed by atoms with Crippen molar-refractivity contribution >= 4 is 11.4 Å². The van der Waals surface area contributed by atoms with E-state index in [2.05, 4.69) is 61.2 Å². The fourth-order valence-electron chi connectivity index (χ4n) is 2.29. The maximum atomic E-state index is 5.99. The summed E-state index contributed by atoms with van der Waals surface area (Å²) in [6.45, 7) is 8.26. The average Bonchev–Trinajstić information content (AvgIpc) is 2.41. The lowest BCUT2D eigenvalue weighted by molar-refractivity contribution is 0.828. The molecule has 0 saturated heterocycles. The number of benzene rings is 2. The highest BCUT2D eigenvalue weighted by Gasteiger charge is 2.08. The molecule has 100 valence electrons. The molecule has 0 aliphatic rings. The lowest BCUT2D eigenvalue weighted by Gasteiger charge is -2.25. The first kappa shape index (κ1) is 13.5. The Labute approximate surface area is 115 Å². The van der Waals surface area contributed by atoms with Gasteiger partial charge in [-0.25, -0.2) is 0 Å². The van der Waals surface area contributed by atoms with Gasteiger partial charge >= 0.3 is 0 Å². The molecule has 0 radical (unpaired) electrons. The molecule has 0 bridgehead atoms. The van der Waals surface area contributed by atoms with Crippen molar-refractivity contribution in [1.29, 1.82) is 0 Å². The number of nitrogens with two attached hydrogens (primary N) is 1. The van der Waals surface area contributed by atoms with Crippen LogP contribution in [0.3, 0.4) is 0 Å². The Morgan fingerprint density at radius 1 is 1.00 bits per heavy atom. The summed E-state index contributed by atoms with van der Waals surface area (Å²) in [7, 11) is 0. The van der Waals surface area contributed by atoms with E-state index < -0.39 is 0 Å². The second kappa shape index (κ2) is 5.79. The molecule has 0 aliphatic heterocycles. The van der Waals surface area contributed by atoms with Gasteiger partial charge in [0.25, 0.3) is 0 Å². The molecular formula is C17H22N2. The van der Waals surface area contributed by atoms with Crippen molar-refractivity contribution in [2.75, 3.05) is 17.2 Å². The number of para-hydroxylation sites is 1. The number of hydrogen-bond donors (Lipinski definition) is 1. The SMILES string of the molecule is CCN(Cc1ccc(C)c(N)c1)c1ccccc1C. The molecule has 2 nitrogen and oxygen atoms in total. The molecular weight excluding hydrogens is 232 g/mol. The largest absolute Gasteiger partial charge is 0.399 e. The summed E-state index contributed by atoms with van der Waals surface area (Å²) >= 11 is 0. The third kappa shape index (κ3) is 3.08. The molecule has 0 aromatic heterocycles. The Balaban J connectivity index is 2.24. The third-order valence-electron chi connectivity index (χ3n) is 3.55. The molecule has 2 heteroatoms. The van der Waals surface area contributed by atoms with E-state index in [-0.39, 0.29) is 0 Å². The van der Waals surface area contributed by atoms with Crippen molar-refractivity contribution in [1.82, 2.24) is 0 Å². The van der Waals surface area contributed by atoms with Gasteiger partial charge in [0, 0.05) is 24.5 Å². The van der Waals surface area contributed by atoms with Gasteiger partial charge in [-0.1, -0.05) is 30.3 Å². The van der Waals surface area contributed by atoms with Crippen molar-refractivity contribution < 1.29 is 0 Å². The summed E-state index contributed by atoms with van der Waals surface area (Å²) in [5.74, 6) is 0. The second-order valence-electron chi connectivity index (χ2n) is 4.99. The van der Waals surface area contributed by atoms with Crippen LogP contribution in [0.2, 0.25) is 0 Å². The van der Waals surface area contributed by atoms with Crippen LogP contribution in [-0.4, -0.2) is 6.54 Å². The zero-order valence-electron chi connectivity index (χ0n) is 12.0. The van der Waals surface area contributed by atoms with Crippen molar-refractivity contribution in [3.63, 3.8) is 0 Å². The minimum Gasteiger partial charge on any atom is -0.399 e. The smallest absolute Gasteiger partial charge is 0.0430 e. The predicted molar refractivity (Wildman–Crippen MR) is 83.5 cm³/mol. The third-order valence-corrected chi connectivity index (χ3v) is 3.55. The first-order valence-corrected chi connectivity index (χ1v) is 6.77. The normalized spacial score (nSPS) is 10.5. The van der Waals surface area contributed by atoms with E-state index in [0.29, 0.717) is 0 Å². The van der Waals surface area contributed by atoms with Crippen LogP contribution in [-0.2, 0) is 6.54 Å². The number of hydrogen-bond acceptors (Lipinski definition) is 2. The van der Waals surface area contributed by atoms with E-state index in [1.807, 2.05) is 6.92 Å². The van der Waals surface area contributed by atoms with Crippen molar-refractivity contribution in [3.8, 4) is 0 Å². The number of anilines is 2. The van der Waals surface area contributed by atoms with E-state index in [0.717, 1.165) is 24.3 Å². The molecule has 0 saturated carbocycles. The number of nitrogen functional groups attached to an aromatic ring is 1. The summed E-state index contributed by atoms with van der Waals surface area (Å²) in [4.78, 5) is 2.37. The van der Waals surface area contributed by atoms with Crippen LogP contribution in [0.25, 0.3) is 0 Å². The van der Waals surface area contributed by atoms with Gasteiger partial charge in [-0.3, -0.25) is 0 Å². The van der Waals surface area contributed by atoms with E-state index >= 15 is 0 Å². The van der Waals surface area contributed by atoms with Gasteiger partial charge in [0.15, 0.2) is 0 Å². The van der Waals surface area contributed by atoms with Gasteiger partial charge in [-0.05, 0) is 49.6 Å². The maximum Gasteiger partial charge on any atom is 0.0430 e. The van der Waals surface area contributed by atoms with E-state index in [9.17, 15) is 0 Å². The van der Waals surface area contributed by atoms with Gasteiger partial charge in [0.1, 0.15) is 0 Å². The molecule has 0 aliphatic carbocycles. The molecule has 2 N–H and O–H groups in total. The van der Waals surface area contributed by atoms with Crippen LogP contribution in [0, 0.1) is 13.8 Å². The highest BCUT2D eigenvalue weighted by molar-refractivity contribution is 5.54. The topological polar surface area (TPSA) is 29.3 Å². The van der Waals surface area contributed by atoms with Crippen LogP contribution in [0.15, 0.2) is 42.5 Å². The quantitative estimate of drug-likeness (QED) is 0.838. The summed E-state index contributed by atoms with van der Waals surface area (Å²) in [6, 6.07) is 14.8. The molecule has 2 aromatic carbocycles. The van der Waals surface area contributed by atoms with Crippen molar-refractivity contribution in [2.24, 2.45) is 0 Å². The van der Waals surface area contributed by atoms with Crippen LogP contribution in [0.5, 0.6) is 0 Å². The number of rotatable bonds is 4. The molecule has 0 unspecified atom stereocenters. The second-order valence-corrected chi connectivity index (χ2v) is 4.99. The molecule has 0 amide bonds. The lowest BCUT2D eigenvalue weighted by Crippen LogP contribution is -2.22. The Bertz CT molecular complexity index is 561. The first-order chi connectivity index (χ1) is 9.11. The van der Waals surface area contributed by atoms with Gasteiger partial charge < -0.3 is 10.6 Å². The Hall–Kier alpha value is -1.96. The standard InChI is InChI=1S/C17H22N2/c1-4-19(17-8-6-5-7-14(17)3)12-15-10-9-13(2)16(18)11-15/h5-11H,4,12,18H2,1-3H3. The van der Waals surface area contributed by atoms with Gasteiger partial charge in [0.05, 0.1) is 0 Å². The lowest BCUT2D eigenvalue weighted by atomic mass is 10.1. The van der Waals surface area contributed by atoms with Crippen LogP contribution in [0.1, 0.15) is 23.6 Å².